The zero-order chi connectivity index (χ0) is 19.0. The lowest BCUT2D eigenvalue weighted by Gasteiger charge is -2.30. The Kier molecular flexibility index (Phi) is 13.2. The number of unbranched alkanes of at least 4 members (excludes halogenated alkanes) is 2. The van der Waals surface area contributed by atoms with E-state index in [0.717, 1.165) is 64.5 Å². The van der Waals surface area contributed by atoms with Crippen LogP contribution in [0.25, 0.3) is 0 Å². The van der Waals surface area contributed by atoms with Crippen LogP contribution in [0.3, 0.4) is 0 Å². The number of likely N-dealkylation sites (tertiary alicyclic amines) is 1. The van der Waals surface area contributed by atoms with Crippen LogP contribution >= 0.6 is 0 Å². The van der Waals surface area contributed by atoms with Gasteiger partial charge >= 0.3 is 0 Å². The summed E-state index contributed by atoms with van der Waals surface area (Å²) in [7, 11) is 0. The molecule has 0 saturated carbocycles. The molecule has 2 N–H and O–H groups in total. The highest BCUT2D eigenvalue weighted by atomic mass is 16.5. The van der Waals surface area contributed by atoms with E-state index in [4.69, 9.17) is 15.2 Å². The van der Waals surface area contributed by atoms with E-state index in [1.807, 2.05) is 20.8 Å². The third-order valence-corrected chi connectivity index (χ3v) is 4.57. The fourth-order valence-electron chi connectivity index (χ4n) is 3.23. The topological polar surface area (TPSA) is 47.7 Å². The summed E-state index contributed by atoms with van der Waals surface area (Å²) in [5.74, 6) is 0.989. The standard InChI is InChI=1S/C20H34N2O2.C2H6.H2/c1-2-23-14-5-3-4-8-18-9-6-11-20(16-18)24-15-13-22-12-7-10-19(21)17-22;1-2;/h6,9,11,16,19H,2-5,7-8,10,12-15,17,21H2,1H3;1-2H3;1H. The number of aryl methyl sites for hydroxylation is 1. The molecule has 0 bridgehead atoms. The quantitative estimate of drug-likeness (QED) is 0.585. The van der Waals surface area contributed by atoms with Crippen molar-refractivity contribution >= 4 is 0 Å². The van der Waals surface area contributed by atoms with Gasteiger partial charge in [0.2, 0.25) is 0 Å². The maximum Gasteiger partial charge on any atom is 0.119 e. The van der Waals surface area contributed by atoms with Gasteiger partial charge in [-0.3, -0.25) is 4.90 Å². The molecule has 4 nitrogen and oxygen atoms in total. The van der Waals surface area contributed by atoms with E-state index >= 15 is 0 Å². The molecule has 152 valence electrons. The fraction of sp³-hybridized carbons (Fsp3) is 0.727. The molecule has 1 aliphatic rings. The first kappa shape index (κ1) is 22.9. The van der Waals surface area contributed by atoms with Gasteiger partial charge in [0.05, 0.1) is 0 Å². The first-order valence-electron chi connectivity index (χ1n) is 10.6. The van der Waals surface area contributed by atoms with Gasteiger partial charge < -0.3 is 15.2 Å². The van der Waals surface area contributed by atoms with Gasteiger partial charge in [0.15, 0.2) is 0 Å². The molecule has 1 aliphatic heterocycles. The van der Waals surface area contributed by atoms with Gasteiger partial charge in [0.1, 0.15) is 12.4 Å². The van der Waals surface area contributed by atoms with Crippen LogP contribution in [0.2, 0.25) is 0 Å². The second-order valence-corrected chi connectivity index (χ2v) is 6.71. The van der Waals surface area contributed by atoms with Gasteiger partial charge in [-0.15, -0.1) is 0 Å². The predicted molar refractivity (Wildman–Crippen MR) is 113 cm³/mol. The van der Waals surface area contributed by atoms with Crippen molar-refractivity contribution in [2.45, 2.75) is 65.3 Å². The number of ether oxygens (including phenoxy) is 2. The highest BCUT2D eigenvalue weighted by Gasteiger charge is 2.15. The fourth-order valence-corrected chi connectivity index (χ4v) is 3.23. The Balaban J connectivity index is 0.00000218. The number of hydrogen-bond acceptors (Lipinski definition) is 4. The Morgan fingerprint density at radius 1 is 1.19 bits per heavy atom. The van der Waals surface area contributed by atoms with E-state index in [0.29, 0.717) is 6.04 Å². The highest BCUT2D eigenvalue weighted by Crippen LogP contribution is 2.16. The van der Waals surface area contributed by atoms with E-state index in [9.17, 15) is 0 Å². The minimum Gasteiger partial charge on any atom is -0.492 e. The van der Waals surface area contributed by atoms with E-state index in [-0.39, 0.29) is 1.43 Å². The molecule has 2 rings (SSSR count). The number of hydrogen-bond donors (Lipinski definition) is 1. The van der Waals surface area contributed by atoms with E-state index < -0.39 is 0 Å². The molecule has 1 aromatic rings. The third kappa shape index (κ3) is 10.1. The van der Waals surface area contributed by atoms with Crippen LogP contribution in [-0.4, -0.2) is 50.4 Å². The second-order valence-electron chi connectivity index (χ2n) is 6.71. The number of rotatable bonds is 11. The molecule has 1 atom stereocenters. The number of piperidine rings is 1. The van der Waals surface area contributed by atoms with Crippen molar-refractivity contribution in [3.63, 3.8) is 0 Å². The van der Waals surface area contributed by atoms with Crippen LogP contribution in [0.15, 0.2) is 24.3 Å². The van der Waals surface area contributed by atoms with Crippen molar-refractivity contribution in [2.75, 3.05) is 39.5 Å². The van der Waals surface area contributed by atoms with Crippen molar-refractivity contribution in [3.05, 3.63) is 29.8 Å². The van der Waals surface area contributed by atoms with Crippen molar-refractivity contribution in [1.82, 2.24) is 4.90 Å². The molecule has 1 heterocycles. The third-order valence-electron chi connectivity index (χ3n) is 4.57. The van der Waals surface area contributed by atoms with Gasteiger partial charge in [0, 0.05) is 33.8 Å². The van der Waals surface area contributed by atoms with Gasteiger partial charge in [-0.25, -0.2) is 0 Å². The summed E-state index contributed by atoms with van der Waals surface area (Å²) in [5.41, 5.74) is 7.39. The molecule has 0 spiro atoms. The highest BCUT2D eigenvalue weighted by molar-refractivity contribution is 5.28. The lowest BCUT2D eigenvalue weighted by atomic mass is 10.1. The van der Waals surface area contributed by atoms with Crippen LogP contribution in [0.5, 0.6) is 5.75 Å². The first-order chi connectivity index (χ1) is 12.8. The van der Waals surface area contributed by atoms with Gasteiger partial charge in [-0.2, -0.15) is 0 Å². The zero-order valence-electron chi connectivity index (χ0n) is 17.2. The largest absolute Gasteiger partial charge is 0.492 e. The summed E-state index contributed by atoms with van der Waals surface area (Å²) in [6, 6.07) is 8.87. The van der Waals surface area contributed by atoms with Gasteiger partial charge in [-0.1, -0.05) is 32.4 Å². The van der Waals surface area contributed by atoms with Crippen molar-refractivity contribution in [3.8, 4) is 5.75 Å². The summed E-state index contributed by atoms with van der Waals surface area (Å²) >= 11 is 0. The SMILES string of the molecule is CC.CCOCCCCCc1cccc(OCCN2CCCC(N)C2)c1.[HH]. The molecule has 1 saturated heterocycles. The smallest absolute Gasteiger partial charge is 0.119 e. The average molecular weight is 367 g/mol. The van der Waals surface area contributed by atoms with Crippen LogP contribution < -0.4 is 10.5 Å². The van der Waals surface area contributed by atoms with E-state index in [2.05, 4.69) is 29.2 Å². The number of benzene rings is 1. The summed E-state index contributed by atoms with van der Waals surface area (Å²) in [6.45, 7) is 11.6. The first-order valence-corrected chi connectivity index (χ1v) is 10.6. The van der Waals surface area contributed by atoms with Crippen LogP contribution in [0.1, 0.15) is 59.9 Å². The Morgan fingerprint density at radius 3 is 2.81 bits per heavy atom. The molecule has 1 fully saturated rings. The maximum absolute atomic E-state index is 6.02. The minimum atomic E-state index is 0. The lowest BCUT2D eigenvalue weighted by molar-refractivity contribution is 0.143. The Labute approximate surface area is 162 Å². The van der Waals surface area contributed by atoms with Crippen LogP contribution in [0.4, 0.5) is 0 Å². The zero-order valence-corrected chi connectivity index (χ0v) is 17.2. The Hall–Kier alpha value is -1.10. The normalized spacial score (nSPS) is 17.5. The predicted octanol–water partition coefficient (Wildman–Crippen LogP) is 4.51. The summed E-state index contributed by atoms with van der Waals surface area (Å²) < 4.78 is 11.3. The van der Waals surface area contributed by atoms with E-state index in [1.165, 1.54) is 24.8 Å². The monoisotopic (exact) mass is 366 g/mol. The van der Waals surface area contributed by atoms with Crippen molar-refractivity contribution in [1.29, 1.82) is 0 Å². The van der Waals surface area contributed by atoms with E-state index in [1.54, 1.807) is 0 Å². The van der Waals surface area contributed by atoms with Crippen molar-refractivity contribution in [2.24, 2.45) is 5.73 Å². The molecule has 0 amide bonds. The maximum atomic E-state index is 6.02. The lowest BCUT2D eigenvalue weighted by Crippen LogP contribution is -2.44. The number of nitrogens with two attached hydrogens (primary N) is 1. The molecule has 0 aliphatic carbocycles. The molecule has 1 aromatic carbocycles. The van der Waals surface area contributed by atoms with Crippen LogP contribution in [0, 0.1) is 0 Å². The van der Waals surface area contributed by atoms with Crippen LogP contribution in [-0.2, 0) is 11.2 Å². The minimum absolute atomic E-state index is 0. The molecule has 26 heavy (non-hydrogen) atoms. The Morgan fingerprint density at radius 2 is 2.04 bits per heavy atom. The van der Waals surface area contributed by atoms with Gasteiger partial charge in [-0.05, 0) is 63.3 Å². The second kappa shape index (κ2) is 15.0. The molecular formula is C22H42N2O2. The van der Waals surface area contributed by atoms with Gasteiger partial charge in [0.25, 0.3) is 0 Å². The molecule has 4 heteroatoms. The average Bonchev–Trinajstić information content (AvgIpc) is 2.67. The molecule has 1 unspecified atom stereocenters. The summed E-state index contributed by atoms with van der Waals surface area (Å²) in [5, 5.41) is 0. The molecule has 0 aromatic heterocycles. The molecular weight excluding hydrogens is 324 g/mol. The summed E-state index contributed by atoms with van der Waals surface area (Å²) in [6.07, 6.45) is 7.07. The van der Waals surface area contributed by atoms with Crippen molar-refractivity contribution < 1.29 is 10.9 Å². The summed E-state index contributed by atoms with van der Waals surface area (Å²) in [4.78, 5) is 2.41. The Bertz CT molecular complexity index is 460. The molecule has 0 radical (unpaired) electrons. The number of nitrogens with zero attached hydrogens (tertiary/aromatic N) is 1.